The molecule has 0 amide bonds. The molecule has 27 heavy (non-hydrogen) atoms. The van der Waals surface area contributed by atoms with Gasteiger partial charge in [0.25, 0.3) is 5.56 Å². The van der Waals surface area contributed by atoms with E-state index in [0.717, 1.165) is 43.7 Å². The second-order valence-electron chi connectivity index (χ2n) is 7.29. The van der Waals surface area contributed by atoms with Crippen LogP contribution in [0.15, 0.2) is 41.5 Å². The van der Waals surface area contributed by atoms with Crippen molar-refractivity contribution < 1.29 is 9.47 Å². The van der Waals surface area contributed by atoms with Crippen LogP contribution in [-0.4, -0.2) is 65.2 Å². The number of hydrogen-bond donors (Lipinski definition) is 0. The summed E-state index contributed by atoms with van der Waals surface area (Å²) in [6.45, 7) is 5.77. The van der Waals surface area contributed by atoms with E-state index in [1.165, 1.54) is 0 Å². The maximum Gasteiger partial charge on any atom is 0.266 e. The van der Waals surface area contributed by atoms with Crippen LogP contribution in [0.25, 0.3) is 11.3 Å². The molecule has 2 aromatic heterocycles. The smallest absolute Gasteiger partial charge is 0.266 e. The molecule has 0 N–H and O–H groups in total. The van der Waals surface area contributed by atoms with E-state index >= 15 is 0 Å². The van der Waals surface area contributed by atoms with Gasteiger partial charge in [-0.3, -0.25) is 9.78 Å². The Morgan fingerprint density at radius 2 is 1.85 bits per heavy atom. The molecule has 7 heteroatoms. The minimum Gasteiger partial charge on any atom is -0.376 e. The lowest BCUT2D eigenvalue weighted by atomic mass is 9.96. The molecule has 0 radical (unpaired) electrons. The van der Waals surface area contributed by atoms with Crippen LogP contribution in [0.4, 0.5) is 0 Å². The first-order valence-electron chi connectivity index (χ1n) is 9.68. The van der Waals surface area contributed by atoms with Gasteiger partial charge in [-0.1, -0.05) is 0 Å². The van der Waals surface area contributed by atoms with Gasteiger partial charge in [0.1, 0.15) is 0 Å². The highest BCUT2D eigenvalue weighted by molar-refractivity contribution is 5.56. The van der Waals surface area contributed by atoms with Gasteiger partial charge >= 0.3 is 0 Å². The van der Waals surface area contributed by atoms with Crippen molar-refractivity contribution >= 4 is 0 Å². The predicted molar refractivity (Wildman–Crippen MR) is 101 cm³/mol. The Morgan fingerprint density at radius 3 is 2.59 bits per heavy atom. The number of pyridine rings is 1. The van der Waals surface area contributed by atoms with Crippen LogP contribution in [0.5, 0.6) is 0 Å². The van der Waals surface area contributed by atoms with Crippen LogP contribution in [-0.2, 0) is 16.0 Å². The lowest BCUT2D eigenvalue weighted by molar-refractivity contribution is -0.0994. The highest BCUT2D eigenvalue weighted by Crippen LogP contribution is 2.20. The molecule has 1 atom stereocenters. The molecule has 144 valence electrons. The van der Waals surface area contributed by atoms with Gasteiger partial charge < -0.3 is 14.4 Å². The van der Waals surface area contributed by atoms with Crippen molar-refractivity contribution in [3.63, 3.8) is 0 Å². The molecular formula is C20H26N4O3. The fraction of sp³-hybridized carbons (Fsp3) is 0.550. The quantitative estimate of drug-likeness (QED) is 0.793. The first-order valence-corrected chi connectivity index (χ1v) is 9.68. The monoisotopic (exact) mass is 370 g/mol. The molecule has 0 aromatic carbocycles. The van der Waals surface area contributed by atoms with E-state index in [2.05, 4.69) is 15.0 Å². The number of aromatic nitrogens is 3. The molecule has 0 saturated carbocycles. The van der Waals surface area contributed by atoms with E-state index < -0.39 is 0 Å². The van der Waals surface area contributed by atoms with E-state index in [0.29, 0.717) is 32.3 Å². The third-order valence-electron chi connectivity index (χ3n) is 5.33. The summed E-state index contributed by atoms with van der Waals surface area (Å²) in [6.07, 6.45) is 5.81. The summed E-state index contributed by atoms with van der Waals surface area (Å²) in [5.41, 5.74) is 1.75. The van der Waals surface area contributed by atoms with E-state index in [1.54, 1.807) is 29.2 Å². The summed E-state index contributed by atoms with van der Waals surface area (Å²) in [5.74, 6) is 0.475. The van der Waals surface area contributed by atoms with Gasteiger partial charge in [-0.2, -0.15) is 5.10 Å². The molecule has 4 heterocycles. The van der Waals surface area contributed by atoms with E-state index in [1.807, 2.05) is 12.1 Å². The van der Waals surface area contributed by atoms with Crippen LogP contribution in [0, 0.1) is 5.92 Å². The lowest BCUT2D eigenvalue weighted by Gasteiger charge is -2.35. The van der Waals surface area contributed by atoms with Crippen LogP contribution in [0.3, 0.4) is 0 Å². The molecule has 2 fully saturated rings. The number of nitrogens with zero attached hydrogens (tertiary/aromatic N) is 4. The van der Waals surface area contributed by atoms with Crippen molar-refractivity contribution in [2.75, 3.05) is 39.5 Å². The van der Waals surface area contributed by atoms with Crippen LogP contribution >= 0.6 is 0 Å². The summed E-state index contributed by atoms with van der Waals surface area (Å²) in [5, 5.41) is 4.58. The number of rotatable bonds is 5. The van der Waals surface area contributed by atoms with Crippen molar-refractivity contribution in [1.82, 2.24) is 19.7 Å². The van der Waals surface area contributed by atoms with Gasteiger partial charge in [-0.15, -0.1) is 0 Å². The zero-order valence-corrected chi connectivity index (χ0v) is 15.5. The maximum absolute atomic E-state index is 12.3. The van der Waals surface area contributed by atoms with Crippen molar-refractivity contribution in [3.8, 4) is 11.3 Å². The van der Waals surface area contributed by atoms with Crippen LogP contribution in [0.2, 0.25) is 0 Å². The third kappa shape index (κ3) is 4.80. The number of hydrogen-bond acceptors (Lipinski definition) is 6. The summed E-state index contributed by atoms with van der Waals surface area (Å²) in [6, 6.07) is 7.21. The lowest BCUT2D eigenvalue weighted by Crippen LogP contribution is -2.44. The molecule has 4 rings (SSSR count). The Kier molecular flexibility index (Phi) is 5.91. The van der Waals surface area contributed by atoms with Crippen molar-refractivity contribution in [1.29, 1.82) is 0 Å². The highest BCUT2D eigenvalue weighted by Gasteiger charge is 2.24. The fourth-order valence-corrected chi connectivity index (χ4v) is 3.78. The standard InChI is InChI=1S/C20H26N4O3/c25-20-2-1-19(17-3-7-21-8-4-17)22-24(20)13-16-5-9-23(10-6-16)14-18-15-26-11-12-27-18/h1-4,7-8,16,18H,5-6,9-15H2. The molecule has 2 aliphatic rings. The molecule has 1 unspecified atom stereocenters. The molecule has 7 nitrogen and oxygen atoms in total. The molecule has 0 bridgehead atoms. The van der Waals surface area contributed by atoms with Gasteiger partial charge in [0, 0.05) is 37.1 Å². The average Bonchev–Trinajstić information content (AvgIpc) is 2.72. The maximum atomic E-state index is 12.3. The van der Waals surface area contributed by atoms with Crippen molar-refractivity contribution in [2.45, 2.75) is 25.5 Å². The zero-order valence-electron chi connectivity index (χ0n) is 15.5. The van der Waals surface area contributed by atoms with Gasteiger partial charge in [0.2, 0.25) is 0 Å². The first-order chi connectivity index (χ1) is 13.3. The zero-order chi connectivity index (χ0) is 18.5. The minimum atomic E-state index is -0.0389. The predicted octanol–water partition coefficient (Wildman–Crippen LogP) is 1.43. The van der Waals surface area contributed by atoms with Crippen molar-refractivity contribution in [2.24, 2.45) is 5.92 Å². The van der Waals surface area contributed by atoms with Gasteiger partial charge in [0.15, 0.2) is 0 Å². The molecule has 2 saturated heterocycles. The largest absolute Gasteiger partial charge is 0.376 e. The second-order valence-corrected chi connectivity index (χ2v) is 7.29. The molecule has 2 aromatic rings. The summed E-state index contributed by atoms with van der Waals surface area (Å²) >= 11 is 0. The minimum absolute atomic E-state index is 0.0389. The number of piperidine rings is 1. The molecule has 0 aliphatic carbocycles. The summed E-state index contributed by atoms with van der Waals surface area (Å²) in [4.78, 5) is 18.7. The Balaban J connectivity index is 1.34. The van der Waals surface area contributed by atoms with E-state index in [9.17, 15) is 4.79 Å². The first kappa shape index (κ1) is 18.3. The SMILES string of the molecule is O=c1ccc(-c2ccncc2)nn1CC1CCN(CC2COCCO2)CC1. The number of ether oxygens (including phenoxy) is 2. The summed E-state index contributed by atoms with van der Waals surface area (Å²) < 4.78 is 12.8. The van der Waals surface area contributed by atoms with Gasteiger partial charge in [0.05, 0.1) is 31.6 Å². The highest BCUT2D eigenvalue weighted by atomic mass is 16.6. The normalized spacial score (nSPS) is 22.0. The molecule has 0 spiro atoms. The summed E-state index contributed by atoms with van der Waals surface area (Å²) in [7, 11) is 0. The molecular weight excluding hydrogens is 344 g/mol. The van der Waals surface area contributed by atoms with Gasteiger partial charge in [-0.05, 0) is 50.0 Å². The Morgan fingerprint density at radius 1 is 1.04 bits per heavy atom. The van der Waals surface area contributed by atoms with Crippen LogP contribution in [0.1, 0.15) is 12.8 Å². The third-order valence-corrected chi connectivity index (χ3v) is 5.33. The Labute approximate surface area is 158 Å². The number of likely N-dealkylation sites (tertiary alicyclic amines) is 1. The van der Waals surface area contributed by atoms with Crippen molar-refractivity contribution in [3.05, 3.63) is 47.0 Å². The average molecular weight is 370 g/mol. The Hall–Kier alpha value is -2.09. The fourth-order valence-electron chi connectivity index (χ4n) is 3.78. The topological polar surface area (TPSA) is 69.5 Å². The van der Waals surface area contributed by atoms with Crippen LogP contribution < -0.4 is 5.56 Å². The van der Waals surface area contributed by atoms with E-state index in [-0.39, 0.29) is 11.7 Å². The van der Waals surface area contributed by atoms with Gasteiger partial charge in [-0.25, -0.2) is 4.68 Å². The van der Waals surface area contributed by atoms with E-state index in [4.69, 9.17) is 9.47 Å². The Bertz CT molecular complexity index is 781. The molecule has 2 aliphatic heterocycles. The second kappa shape index (κ2) is 8.73.